The Hall–Kier alpha value is -1.95. The first-order valence-electron chi connectivity index (χ1n) is 8.37. The highest BCUT2D eigenvalue weighted by atomic mass is 79.9. The lowest BCUT2D eigenvalue weighted by molar-refractivity contribution is -0.137. The number of alkyl halides is 3. The fourth-order valence-corrected chi connectivity index (χ4v) is 4.49. The summed E-state index contributed by atoms with van der Waals surface area (Å²) in [6, 6.07) is 9.78. The molecule has 0 aromatic heterocycles. The first-order valence-corrected chi connectivity index (χ1v) is 9.16. The average molecular weight is 424 g/mol. The predicted octanol–water partition coefficient (Wildman–Crippen LogP) is 6.30. The number of hydrogen-bond donors (Lipinski definition) is 1. The van der Waals surface area contributed by atoms with Gasteiger partial charge in [0, 0.05) is 16.0 Å². The van der Waals surface area contributed by atoms with Crippen LogP contribution in [-0.4, -0.2) is 7.11 Å². The monoisotopic (exact) mass is 423 g/mol. The number of para-hydroxylation sites is 1. The zero-order valence-electron chi connectivity index (χ0n) is 14.0. The maximum absolute atomic E-state index is 13.6. The number of anilines is 1. The van der Waals surface area contributed by atoms with E-state index >= 15 is 0 Å². The van der Waals surface area contributed by atoms with Gasteiger partial charge in [0.2, 0.25) is 0 Å². The number of fused-ring (bicyclic) bond motifs is 3. The molecule has 26 heavy (non-hydrogen) atoms. The van der Waals surface area contributed by atoms with Crippen LogP contribution in [0.2, 0.25) is 0 Å². The number of hydrogen-bond acceptors (Lipinski definition) is 2. The van der Waals surface area contributed by atoms with Crippen molar-refractivity contribution >= 4 is 21.6 Å². The maximum atomic E-state index is 13.6. The molecule has 1 N–H and O–H groups in total. The van der Waals surface area contributed by atoms with Crippen molar-refractivity contribution < 1.29 is 17.9 Å². The van der Waals surface area contributed by atoms with Crippen molar-refractivity contribution in [1.29, 1.82) is 0 Å². The Bertz CT molecular complexity index is 878. The van der Waals surface area contributed by atoms with Crippen molar-refractivity contribution in [3.63, 3.8) is 0 Å². The van der Waals surface area contributed by atoms with E-state index in [0.29, 0.717) is 11.3 Å². The van der Waals surface area contributed by atoms with Gasteiger partial charge in [-0.1, -0.05) is 40.2 Å². The number of nitrogens with one attached hydrogen (secondary N) is 1. The number of allylic oxidation sites excluding steroid dienone is 2. The first-order chi connectivity index (χ1) is 12.4. The summed E-state index contributed by atoms with van der Waals surface area (Å²) in [6.07, 6.45) is 0.499. The third-order valence-electron chi connectivity index (χ3n) is 5.23. The van der Waals surface area contributed by atoms with Crippen molar-refractivity contribution in [3.05, 3.63) is 69.7 Å². The number of halogens is 4. The highest BCUT2D eigenvalue weighted by molar-refractivity contribution is 9.10. The van der Waals surface area contributed by atoms with Gasteiger partial charge < -0.3 is 10.1 Å². The Balaban J connectivity index is 1.88. The molecule has 0 saturated heterocycles. The number of ether oxygens (including phenoxy) is 1. The number of rotatable bonds is 2. The molecule has 1 heterocycles. The van der Waals surface area contributed by atoms with Gasteiger partial charge in [-0.05, 0) is 42.2 Å². The van der Waals surface area contributed by atoms with E-state index < -0.39 is 11.7 Å². The molecule has 2 aliphatic rings. The lowest BCUT2D eigenvalue weighted by Crippen LogP contribution is -2.31. The molecule has 0 unspecified atom stereocenters. The molecule has 0 spiro atoms. The van der Waals surface area contributed by atoms with Crippen LogP contribution in [0, 0.1) is 5.92 Å². The van der Waals surface area contributed by atoms with Crippen LogP contribution in [-0.2, 0) is 6.18 Å². The van der Waals surface area contributed by atoms with Crippen molar-refractivity contribution in [2.45, 2.75) is 24.6 Å². The van der Waals surface area contributed by atoms with Crippen LogP contribution < -0.4 is 10.1 Å². The highest BCUT2D eigenvalue weighted by Gasteiger charge is 2.43. The van der Waals surface area contributed by atoms with E-state index in [1.165, 1.54) is 6.07 Å². The van der Waals surface area contributed by atoms with Crippen LogP contribution in [0.4, 0.5) is 18.9 Å². The second kappa shape index (κ2) is 6.34. The molecule has 2 nitrogen and oxygen atoms in total. The van der Waals surface area contributed by atoms with Crippen LogP contribution >= 0.6 is 15.9 Å². The number of benzene rings is 2. The molecule has 0 saturated carbocycles. The summed E-state index contributed by atoms with van der Waals surface area (Å²) in [5.41, 5.74) is 1.14. The minimum Gasteiger partial charge on any atom is -0.496 e. The van der Waals surface area contributed by atoms with E-state index in [2.05, 4.69) is 27.3 Å². The molecule has 2 aromatic rings. The Kier molecular flexibility index (Phi) is 4.26. The van der Waals surface area contributed by atoms with Crippen LogP contribution in [0.25, 0.3) is 0 Å². The van der Waals surface area contributed by atoms with Crippen molar-refractivity contribution in [2.75, 3.05) is 12.4 Å². The van der Waals surface area contributed by atoms with Gasteiger partial charge in [0.25, 0.3) is 0 Å². The van der Waals surface area contributed by atoms with Crippen molar-refractivity contribution in [3.8, 4) is 5.75 Å². The Morgan fingerprint density at radius 1 is 1.15 bits per heavy atom. The maximum Gasteiger partial charge on any atom is 0.418 e. The van der Waals surface area contributed by atoms with Crippen LogP contribution in [0.3, 0.4) is 0 Å². The second-order valence-electron chi connectivity index (χ2n) is 6.63. The molecule has 0 bridgehead atoms. The molecule has 3 atom stereocenters. The van der Waals surface area contributed by atoms with Gasteiger partial charge >= 0.3 is 6.18 Å². The fourth-order valence-electron chi connectivity index (χ4n) is 4.11. The average Bonchev–Trinajstić information content (AvgIpc) is 3.09. The van der Waals surface area contributed by atoms with Gasteiger partial charge in [-0.25, -0.2) is 0 Å². The first kappa shape index (κ1) is 17.5. The zero-order chi connectivity index (χ0) is 18.5. The van der Waals surface area contributed by atoms with Gasteiger partial charge in [0.15, 0.2) is 0 Å². The number of methoxy groups -OCH3 is 1. The Morgan fingerprint density at radius 3 is 2.69 bits per heavy atom. The topological polar surface area (TPSA) is 21.3 Å². The van der Waals surface area contributed by atoms with Crippen LogP contribution in [0.5, 0.6) is 5.75 Å². The summed E-state index contributed by atoms with van der Waals surface area (Å²) in [4.78, 5) is 0. The molecular formula is C20H17BrF3NO. The normalized spacial score (nSPS) is 24.0. The van der Waals surface area contributed by atoms with Gasteiger partial charge in [-0.15, -0.1) is 0 Å². The smallest absolute Gasteiger partial charge is 0.418 e. The lowest BCUT2D eigenvalue weighted by atomic mass is 9.76. The van der Waals surface area contributed by atoms with Crippen LogP contribution in [0.15, 0.2) is 53.0 Å². The van der Waals surface area contributed by atoms with E-state index in [4.69, 9.17) is 4.74 Å². The minimum atomic E-state index is -4.40. The van der Waals surface area contributed by atoms with Crippen LogP contribution in [0.1, 0.15) is 35.1 Å². The highest BCUT2D eigenvalue weighted by Crippen LogP contribution is 2.53. The van der Waals surface area contributed by atoms with Gasteiger partial charge in [0.05, 0.1) is 24.4 Å². The van der Waals surface area contributed by atoms with E-state index in [1.807, 2.05) is 24.3 Å². The molecule has 4 rings (SSSR count). The van der Waals surface area contributed by atoms with Gasteiger partial charge in [-0.3, -0.25) is 0 Å². The molecule has 2 aromatic carbocycles. The standard InChI is InChI=1S/C20H17BrF3NO/c1-26-17-9-8-11(21)10-15(17)18-13-5-2-4-12(13)14-6-3-7-16(19(14)25-18)20(22,23)24/h2-4,6-10,12-13,18,25H,5H2,1H3/t12-,13-,18+/m0/s1. The Morgan fingerprint density at radius 2 is 1.96 bits per heavy atom. The van der Waals surface area contributed by atoms with E-state index in [9.17, 15) is 13.2 Å². The SMILES string of the molecule is COc1ccc(Br)cc1[C@@H]1Nc2c(cccc2C(F)(F)F)[C@H]2C=CC[C@@H]21. The molecule has 6 heteroatoms. The molecule has 136 valence electrons. The van der Waals surface area contributed by atoms with E-state index in [-0.39, 0.29) is 23.6 Å². The molecule has 0 radical (unpaired) electrons. The zero-order valence-corrected chi connectivity index (χ0v) is 15.6. The molecule has 1 aliphatic carbocycles. The largest absolute Gasteiger partial charge is 0.496 e. The summed E-state index contributed by atoms with van der Waals surface area (Å²) >= 11 is 3.46. The van der Waals surface area contributed by atoms with Crippen molar-refractivity contribution in [1.82, 2.24) is 0 Å². The molecule has 0 amide bonds. The molecule has 0 fully saturated rings. The summed E-state index contributed by atoms with van der Waals surface area (Å²) in [5.74, 6) is 0.778. The Labute approximate surface area is 158 Å². The third kappa shape index (κ3) is 2.80. The lowest BCUT2D eigenvalue weighted by Gasteiger charge is -2.39. The third-order valence-corrected chi connectivity index (χ3v) is 5.72. The van der Waals surface area contributed by atoms with E-state index in [1.54, 1.807) is 13.2 Å². The summed E-state index contributed by atoms with van der Waals surface area (Å²) in [6.45, 7) is 0. The molecule has 1 aliphatic heterocycles. The van der Waals surface area contributed by atoms with Gasteiger partial charge in [-0.2, -0.15) is 13.2 Å². The quantitative estimate of drug-likeness (QED) is 0.571. The van der Waals surface area contributed by atoms with Gasteiger partial charge in [0.1, 0.15) is 5.75 Å². The minimum absolute atomic E-state index is 0.0396. The second-order valence-corrected chi connectivity index (χ2v) is 7.55. The van der Waals surface area contributed by atoms with E-state index in [0.717, 1.165) is 22.5 Å². The fraction of sp³-hybridized carbons (Fsp3) is 0.300. The van der Waals surface area contributed by atoms with Crippen molar-refractivity contribution in [2.24, 2.45) is 5.92 Å². The summed E-state index contributed by atoms with van der Waals surface area (Å²) < 4.78 is 47.1. The summed E-state index contributed by atoms with van der Waals surface area (Å²) in [7, 11) is 1.58. The molecular weight excluding hydrogens is 407 g/mol. The summed E-state index contributed by atoms with van der Waals surface area (Å²) in [5, 5.41) is 3.20. The predicted molar refractivity (Wildman–Crippen MR) is 98.5 cm³/mol.